The lowest BCUT2D eigenvalue weighted by atomic mass is 10.2. The average molecular weight is 163 g/mol. The summed E-state index contributed by atoms with van der Waals surface area (Å²) in [4.78, 5) is 0. The quantitative estimate of drug-likeness (QED) is 0.502. The van der Waals surface area contributed by atoms with Crippen LogP contribution in [-0.4, -0.2) is 18.5 Å². The van der Waals surface area contributed by atoms with Crippen LogP contribution < -0.4 is 0 Å². The molecule has 0 spiro atoms. The van der Waals surface area contributed by atoms with Crippen molar-refractivity contribution in [2.45, 2.75) is 13.8 Å². The van der Waals surface area contributed by atoms with Gasteiger partial charge in [0.25, 0.3) is 0 Å². The number of halogens is 2. The van der Waals surface area contributed by atoms with Crippen molar-refractivity contribution in [3.8, 4) is 0 Å². The molecule has 0 aromatic rings. The summed E-state index contributed by atoms with van der Waals surface area (Å²) in [6, 6.07) is 0. The highest BCUT2D eigenvalue weighted by Crippen LogP contribution is 2.14. The van der Waals surface area contributed by atoms with E-state index in [2.05, 4.69) is 19.8 Å². The Morgan fingerprint density at radius 2 is 1.45 bits per heavy atom. The standard InChI is InChI=1S/C4H6BF2N2O2/c1-3-4(2)9-11-5(6,7)10-8-3/h1-2H3/q-1. The Bertz CT molecular complexity index is 206. The monoisotopic (exact) mass is 163 g/mol. The Balaban J connectivity index is 2.84. The molecule has 0 aromatic carbocycles. The predicted molar refractivity (Wildman–Crippen MR) is 36.4 cm³/mol. The van der Waals surface area contributed by atoms with Gasteiger partial charge in [-0.15, -0.1) is 10.3 Å². The van der Waals surface area contributed by atoms with Crippen LogP contribution in [0.2, 0.25) is 0 Å². The van der Waals surface area contributed by atoms with Gasteiger partial charge in [-0.05, 0) is 13.8 Å². The molecule has 62 valence electrons. The molecule has 1 aliphatic rings. The molecule has 0 saturated heterocycles. The van der Waals surface area contributed by atoms with Gasteiger partial charge in [-0.2, -0.15) is 0 Å². The fourth-order valence-electron chi connectivity index (χ4n) is 0.432. The third-order valence-electron chi connectivity index (χ3n) is 1.15. The van der Waals surface area contributed by atoms with Crippen molar-refractivity contribution < 1.29 is 18.1 Å². The summed E-state index contributed by atoms with van der Waals surface area (Å²) in [6.07, 6.45) is 0. The van der Waals surface area contributed by atoms with E-state index in [0.29, 0.717) is 0 Å². The number of rotatable bonds is 0. The van der Waals surface area contributed by atoms with Crippen molar-refractivity contribution >= 4 is 18.5 Å². The summed E-state index contributed by atoms with van der Waals surface area (Å²) < 4.78 is 31.9. The molecule has 0 fully saturated rings. The van der Waals surface area contributed by atoms with Crippen LogP contribution >= 0.6 is 0 Å². The van der Waals surface area contributed by atoms with Crippen molar-refractivity contribution in [1.82, 2.24) is 0 Å². The van der Waals surface area contributed by atoms with Crippen molar-refractivity contribution in [1.29, 1.82) is 0 Å². The van der Waals surface area contributed by atoms with Gasteiger partial charge >= 0.3 is 7.11 Å². The molecule has 0 unspecified atom stereocenters. The number of hydrogen-bond acceptors (Lipinski definition) is 4. The molecule has 7 heteroatoms. The van der Waals surface area contributed by atoms with Crippen LogP contribution in [0.4, 0.5) is 8.63 Å². The highest BCUT2D eigenvalue weighted by molar-refractivity contribution is 6.53. The molecule has 0 amide bonds. The van der Waals surface area contributed by atoms with Gasteiger partial charge in [-0.1, -0.05) is 0 Å². The maximum atomic E-state index is 12.2. The van der Waals surface area contributed by atoms with E-state index < -0.39 is 7.11 Å². The lowest BCUT2D eigenvalue weighted by Gasteiger charge is -2.17. The SMILES string of the molecule is CC1=NO[B-](F)(F)ON=C1C. The van der Waals surface area contributed by atoms with Crippen molar-refractivity contribution in [2.75, 3.05) is 0 Å². The van der Waals surface area contributed by atoms with Gasteiger partial charge in [0.2, 0.25) is 0 Å². The first-order valence-electron chi connectivity index (χ1n) is 2.97. The van der Waals surface area contributed by atoms with Crippen LogP contribution in [0, 0.1) is 0 Å². The highest BCUT2D eigenvalue weighted by atomic mass is 19.3. The second kappa shape index (κ2) is 2.48. The van der Waals surface area contributed by atoms with Gasteiger partial charge in [0.05, 0.1) is 11.4 Å². The maximum Gasteiger partial charge on any atom is 0.766 e. The first-order valence-corrected chi connectivity index (χ1v) is 2.97. The Morgan fingerprint density at radius 1 is 1.09 bits per heavy atom. The van der Waals surface area contributed by atoms with E-state index in [0.717, 1.165) is 0 Å². The van der Waals surface area contributed by atoms with Gasteiger partial charge in [-0.25, -0.2) is 0 Å². The van der Waals surface area contributed by atoms with E-state index >= 15 is 0 Å². The van der Waals surface area contributed by atoms with Crippen LogP contribution in [0.15, 0.2) is 10.3 Å². The minimum absolute atomic E-state index is 0.282. The maximum absolute atomic E-state index is 12.2. The molecule has 0 atom stereocenters. The lowest BCUT2D eigenvalue weighted by Crippen LogP contribution is -2.26. The molecule has 0 aliphatic carbocycles. The first kappa shape index (κ1) is 7.97. The summed E-state index contributed by atoms with van der Waals surface area (Å²) in [5.74, 6) is 0. The zero-order chi connectivity index (χ0) is 8.48. The van der Waals surface area contributed by atoms with E-state index in [-0.39, 0.29) is 11.4 Å². The molecular weight excluding hydrogens is 157 g/mol. The van der Waals surface area contributed by atoms with E-state index in [4.69, 9.17) is 0 Å². The minimum Gasteiger partial charge on any atom is -0.519 e. The van der Waals surface area contributed by atoms with Gasteiger partial charge in [0.1, 0.15) is 0 Å². The Hall–Kier alpha value is -1.14. The summed E-state index contributed by atoms with van der Waals surface area (Å²) in [7, 11) is -4.36. The molecule has 0 bridgehead atoms. The first-order chi connectivity index (χ1) is 5.01. The molecule has 11 heavy (non-hydrogen) atoms. The van der Waals surface area contributed by atoms with E-state index in [1.54, 1.807) is 0 Å². The van der Waals surface area contributed by atoms with Crippen LogP contribution in [0.5, 0.6) is 0 Å². The lowest BCUT2D eigenvalue weighted by molar-refractivity contribution is 0.0972. The van der Waals surface area contributed by atoms with E-state index in [1.165, 1.54) is 13.8 Å². The zero-order valence-electron chi connectivity index (χ0n) is 6.04. The van der Waals surface area contributed by atoms with E-state index in [1.807, 2.05) is 0 Å². The van der Waals surface area contributed by atoms with E-state index in [9.17, 15) is 8.63 Å². The molecule has 1 aliphatic heterocycles. The average Bonchev–Trinajstić information content (AvgIpc) is 2.03. The van der Waals surface area contributed by atoms with Gasteiger partial charge in [-0.3, -0.25) is 0 Å². The molecule has 0 aromatic heterocycles. The third kappa shape index (κ3) is 1.89. The second-order valence-electron chi connectivity index (χ2n) is 2.10. The Morgan fingerprint density at radius 3 is 1.82 bits per heavy atom. The molecule has 1 rings (SSSR count). The van der Waals surface area contributed by atoms with Crippen molar-refractivity contribution in [2.24, 2.45) is 10.3 Å². The molecule has 4 nitrogen and oxygen atoms in total. The molecule has 0 N–H and O–H groups in total. The second-order valence-corrected chi connectivity index (χ2v) is 2.10. The number of nitrogens with zero attached hydrogens (tertiary/aromatic N) is 2. The Kier molecular flexibility index (Phi) is 1.80. The fraction of sp³-hybridized carbons (Fsp3) is 0.500. The zero-order valence-corrected chi connectivity index (χ0v) is 6.04. The normalized spacial score (nSPS) is 22.2. The smallest absolute Gasteiger partial charge is 0.519 e. The van der Waals surface area contributed by atoms with Gasteiger partial charge < -0.3 is 18.1 Å². The molecule has 0 radical (unpaired) electrons. The summed E-state index contributed by atoms with van der Waals surface area (Å²) in [5.41, 5.74) is 0.563. The summed E-state index contributed by atoms with van der Waals surface area (Å²) in [5, 5.41) is 6.19. The van der Waals surface area contributed by atoms with Gasteiger partial charge in [0, 0.05) is 0 Å². The molecule has 0 saturated carbocycles. The molecule has 1 heterocycles. The number of hydrogen-bond donors (Lipinski definition) is 0. The summed E-state index contributed by atoms with van der Waals surface area (Å²) >= 11 is 0. The van der Waals surface area contributed by atoms with Crippen LogP contribution in [0.1, 0.15) is 13.8 Å². The fourth-order valence-corrected chi connectivity index (χ4v) is 0.432. The topological polar surface area (TPSA) is 43.2 Å². The van der Waals surface area contributed by atoms with Crippen LogP contribution in [0.3, 0.4) is 0 Å². The summed E-state index contributed by atoms with van der Waals surface area (Å²) in [6.45, 7) is 3.00. The van der Waals surface area contributed by atoms with Crippen LogP contribution in [-0.2, 0) is 9.51 Å². The minimum atomic E-state index is -4.36. The third-order valence-corrected chi connectivity index (χ3v) is 1.15. The molecular formula is C4H6BF2N2O2-. The number of oxime groups is 2. The highest BCUT2D eigenvalue weighted by Gasteiger charge is 2.35. The largest absolute Gasteiger partial charge is 0.766 e. The van der Waals surface area contributed by atoms with Crippen molar-refractivity contribution in [3.63, 3.8) is 0 Å². The van der Waals surface area contributed by atoms with Gasteiger partial charge in [0.15, 0.2) is 0 Å². The van der Waals surface area contributed by atoms with Crippen molar-refractivity contribution in [3.05, 3.63) is 0 Å². The Labute approximate surface area is 61.9 Å². The van der Waals surface area contributed by atoms with Crippen LogP contribution in [0.25, 0.3) is 0 Å². The predicted octanol–water partition coefficient (Wildman–Crippen LogP) is 1.16.